The molecule has 0 amide bonds. The normalized spacial score (nSPS) is 25.2. The Labute approximate surface area is 280 Å². The second kappa shape index (κ2) is 13.4. The maximum atomic E-state index is 12.0. The average Bonchev–Trinajstić information content (AvgIpc) is 3.27. The van der Waals surface area contributed by atoms with E-state index in [-0.39, 0.29) is 11.6 Å². The summed E-state index contributed by atoms with van der Waals surface area (Å²) in [7, 11) is -2.83. The van der Waals surface area contributed by atoms with Crippen molar-refractivity contribution in [1.29, 1.82) is 0 Å². The molecule has 2 aliphatic heterocycles. The summed E-state index contributed by atoms with van der Waals surface area (Å²) in [4.78, 5) is 0. The van der Waals surface area contributed by atoms with Gasteiger partial charge in [-0.25, -0.2) is 0 Å². The summed E-state index contributed by atoms with van der Waals surface area (Å²) < 4.78 is 33.6. The van der Waals surface area contributed by atoms with E-state index in [0.29, 0.717) is 26.2 Å². The molecule has 0 spiro atoms. The molecule has 4 aromatic carbocycles. The van der Waals surface area contributed by atoms with Gasteiger partial charge in [0, 0.05) is 13.0 Å². The first-order valence-corrected chi connectivity index (χ1v) is 18.5. The Balaban J connectivity index is 1.35. The molecule has 4 aromatic rings. The monoisotopic (exact) mass is 652 g/mol. The second-order valence-electron chi connectivity index (χ2n) is 14.4. The Morgan fingerprint density at radius 1 is 0.723 bits per heavy atom. The minimum Gasteiger partial charge on any atom is -0.407 e. The van der Waals surface area contributed by atoms with Gasteiger partial charge < -0.3 is 28.5 Å². The lowest BCUT2D eigenvalue weighted by atomic mass is 9.81. The molecule has 0 radical (unpaired) electrons. The van der Waals surface area contributed by atoms with E-state index in [4.69, 9.17) is 23.4 Å². The standard InChI is InChI=1S/C40H48O6Si/c1-37(2,3)47(33-22-14-8-15-23-33,34-24-16-9-17-25-34)44-27-26-39(30-42-28-31-18-10-6-11-19-31)35(43-29-32-20-12-7-13-21-32)36-40(41,46-39)38(4,5)45-36/h6-25,35-36,41H,26-30H2,1-5H3/t35-,36+,39-,40+/m0/s1. The molecule has 248 valence electrons. The second-order valence-corrected chi connectivity index (χ2v) is 18.7. The average molecular weight is 653 g/mol. The lowest BCUT2D eigenvalue weighted by molar-refractivity contribution is -0.421. The van der Waals surface area contributed by atoms with Gasteiger partial charge in [-0.1, -0.05) is 142 Å². The number of aliphatic hydroxyl groups is 1. The van der Waals surface area contributed by atoms with Crippen LogP contribution >= 0.6 is 0 Å². The van der Waals surface area contributed by atoms with Crippen LogP contribution < -0.4 is 10.4 Å². The van der Waals surface area contributed by atoms with Crippen LogP contribution in [0.3, 0.4) is 0 Å². The molecule has 47 heavy (non-hydrogen) atoms. The molecule has 0 aromatic heterocycles. The highest BCUT2D eigenvalue weighted by molar-refractivity contribution is 6.99. The molecule has 0 saturated carbocycles. The van der Waals surface area contributed by atoms with Gasteiger partial charge in [-0.3, -0.25) is 0 Å². The van der Waals surface area contributed by atoms with Gasteiger partial charge in [0.15, 0.2) is 0 Å². The molecule has 4 atom stereocenters. The maximum absolute atomic E-state index is 12.0. The molecule has 2 saturated heterocycles. The van der Waals surface area contributed by atoms with Crippen molar-refractivity contribution in [3.05, 3.63) is 132 Å². The van der Waals surface area contributed by atoms with Crippen LogP contribution in [0.4, 0.5) is 0 Å². The predicted molar refractivity (Wildman–Crippen MR) is 187 cm³/mol. The highest BCUT2D eigenvalue weighted by Crippen LogP contribution is 2.56. The summed E-state index contributed by atoms with van der Waals surface area (Å²) in [5.41, 5.74) is 0.141. The minimum absolute atomic E-state index is 0.186. The van der Waals surface area contributed by atoms with Crippen molar-refractivity contribution in [3.8, 4) is 0 Å². The molecule has 0 unspecified atom stereocenters. The fraction of sp³-hybridized carbons (Fsp3) is 0.400. The van der Waals surface area contributed by atoms with Crippen molar-refractivity contribution in [2.75, 3.05) is 13.2 Å². The van der Waals surface area contributed by atoms with Crippen LogP contribution in [0.25, 0.3) is 0 Å². The van der Waals surface area contributed by atoms with Gasteiger partial charge in [0.05, 0.1) is 19.8 Å². The lowest BCUT2D eigenvalue weighted by Gasteiger charge is -2.53. The van der Waals surface area contributed by atoms with E-state index in [1.165, 1.54) is 10.4 Å². The van der Waals surface area contributed by atoms with Gasteiger partial charge in [-0.2, -0.15) is 0 Å². The van der Waals surface area contributed by atoms with Crippen molar-refractivity contribution < 1.29 is 28.5 Å². The molecule has 0 bridgehead atoms. The summed E-state index contributed by atoms with van der Waals surface area (Å²) in [5, 5.41) is 14.3. The molecule has 2 heterocycles. The number of ether oxygens (including phenoxy) is 4. The van der Waals surface area contributed by atoms with Crippen LogP contribution in [0.15, 0.2) is 121 Å². The van der Waals surface area contributed by atoms with Crippen LogP contribution in [-0.4, -0.2) is 55.8 Å². The van der Waals surface area contributed by atoms with Gasteiger partial charge in [0.1, 0.15) is 23.4 Å². The Kier molecular flexibility index (Phi) is 9.62. The quantitative estimate of drug-likeness (QED) is 0.169. The SMILES string of the molecule is CC1(C)O[C@@H]2[C@H](OCc3ccccc3)[C@](CCO[Si](c3ccccc3)(c3ccccc3)C(C)(C)C)(COCc3ccccc3)O[C@]21O. The third-order valence-electron chi connectivity index (χ3n) is 9.81. The smallest absolute Gasteiger partial charge is 0.261 e. The zero-order valence-electron chi connectivity index (χ0n) is 28.2. The summed E-state index contributed by atoms with van der Waals surface area (Å²) in [6.45, 7) is 11.9. The summed E-state index contributed by atoms with van der Waals surface area (Å²) in [5.74, 6) is -1.54. The Hall–Kier alpha value is -3.14. The molecule has 7 heteroatoms. The third-order valence-corrected chi connectivity index (χ3v) is 14.9. The molecule has 2 fully saturated rings. The summed E-state index contributed by atoms with van der Waals surface area (Å²) >= 11 is 0. The molecular formula is C40H48O6Si. The van der Waals surface area contributed by atoms with E-state index in [1.54, 1.807) is 0 Å². The van der Waals surface area contributed by atoms with Crippen molar-refractivity contribution >= 4 is 18.7 Å². The zero-order chi connectivity index (χ0) is 33.2. The number of fused-ring (bicyclic) bond motifs is 1. The minimum atomic E-state index is -2.83. The van der Waals surface area contributed by atoms with Gasteiger partial charge in [0.25, 0.3) is 8.32 Å². The first-order valence-electron chi connectivity index (χ1n) is 16.6. The Morgan fingerprint density at radius 2 is 1.21 bits per heavy atom. The van der Waals surface area contributed by atoms with Crippen molar-refractivity contribution in [2.24, 2.45) is 0 Å². The first-order chi connectivity index (χ1) is 22.5. The van der Waals surface area contributed by atoms with Crippen LogP contribution in [0.1, 0.15) is 52.2 Å². The van der Waals surface area contributed by atoms with E-state index in [9.17, 15) is 5.11 Å². The molecule has 0 aliphatic carbocycles. The van der Waals surface area contributed by atoms with E-state index < -0.39 is 37.5 Å². The fourth-order valence-corrected chi connectivity index (χ4v) is 11.9. The third kappa shape index (κ3) is 6.38. The highest BCUT2D eigenvalue weighted by Gasteiger charge is 2.76. The molecule has 2 aliphatic rings. The molecule has 1 N–H and O–H groups in total. The van der Waals surface area contributed by atoms with E-state index in [0.717, 1.165) is 11.1 Å². The lowest BCUT2D eigenvalue weighted by Crippen LogP contribution is -2.72. The van der Waals surface area contributed by atoms with E-state index in [2.05, 4.69) is 81.4 Å². The Bertz CT molecular complexity index is 1540. The van der Waals surface area contributed by atoms with Crippen molar-refractivity contribution in [2.45, 2.75) is 88.5 Å². The first kappa shape index (κ1) is 33.7. The molecular weight excluding hydrogens is 605 g/mol. The van der Waals surface area contributed by atoms with Gasteiger partial charge in [-0.05, 0) is 40.4 Å². The summed E-state index contributed by atoms with van der Waals surface area (Å²) in [6, 6.07) is 41.4. The van der Waals surface area contributed by atoms with Gasteiger partial charge >= 0.3 is 0 Å². The van der Waals surface area contributed by atoms with Crippen LogP contribution in [0.5, 0.6) is 0 Å². The number of hydrogen-bond acceptors (Lipinski definition) is 6. The predicted octanol–water partition coefficient (Wildman–Crippen LogP) is 6.39. The van der Waals surface area contributed by atoms with E-state index >= 15 is 0 Å². The van der Waals surface area contributed by atoms with Crippen molar-refractivity contribution in [1.82, 2.24) is 0 Å². The topological polar surface area (TPSA) is 66.4 Å². The summed E-state index contributed by atoms with van der Waals surface area (Å²) in [6.07, 6.45) is -0.835. The van der Waals surface area contributed by atoms with Gasteiger partial charge in [0.2, 0.25) is 5.79 Å². The van der Waals surface area contributed by atoms with Crippen molar-refractivity contribution in [3.63, 3.8) is 0 Å². The van der Waals surface area contributed by atoms with Crippen LogP contribution in [0, 0.1) is 0 Å². The number of benzene rings is 4. The maximum Gasteiger partial charge on any atom is 0.261 e. The van der Waals surface area contributed by atoms with Gasteiger partial charge in [-0.15, -0.1) is 0 Å². The fourth-order valence-electron chi connectivity index (χ4n) is 7.29. The zero-order valence-corrected chi connectivity index (χ0v) is 29.2. The van der Waals surface area contributed by atoms with Crippen LogP contribution in [-0.2, 0) is 36.6 Å². The van der Waals surface area contributed by atoms with E-state index in [1.807, 2.05) is 74.5 Å². The molecule has 6 nitrogen and oxygen atoms in total. The largest absolute Gasteiger partial charge is 0.407 e. The Morgan fingerprint density at radius 3 is 1.70 bits per heavy atom. The number of rotatable bonds is 13. The van der Waals surface area contributed by atoms with Crippen LogP contribution in [0.2, 0.25) is 5.04 Å². The molecule has 6 rings (SSSR count). The number of hydrogen-bond donors (Lipinski definition) is 1. The highest BCUT2D eigenvalue weighted by atomic mass is 28.4.